The van der Waals surface area contributed by atoms with Gasteiger partial charge in [-0.05, 0) is 31.6 Å². The van der Waals surface area contributed by atoms with Gasteiger partial charge >= 0.3 is 0 Å². The molecule has 21 heavy (non-hydrogen) atoms. The van der Waals surface area contributed by atoms with Crippen molar-refractivity contribution in [2.45, 2.75) is 20.4 Å². The summed E-state index contributed by atoms with van der Waals surface area (Å²) in [6, 6.07) is 13.3. The van der Waals surface area contributed by atoms with Gasteiger partial charge in [0, 0.05) is 12.1 Å². The molecule has 1 amide bonds. The first-order valence-electron chi connectivity index (χ1n) is 6.61. The van der Waals surface area contributed by atoms with Gasteiger partial charge in [0.1, 0.15) is 23.2 Å². The number of nitrogens with one attached hydrogen (secondary N) is 1. The molecule has 0 aliphatic heterocycles. The van der Waals surface area contributed by atoms with Crippen LogP contribution in [0, 0.1) is 25.2 Å². The standard InChI is InChI=1S/C17H16N2O2/c1-12-8-15(13(2)21-12)9-16(10-18)17(20)19-11-14-6-4-3-5-7-14/h3-9H,11H2,1-2H3,(H,19,20)/b16-9-. The zero-order chi connectivity index (χ0) is 15.2. The Bertz CT molecular complexity index is 706. The fraction of sp³-hybridized carbons (Fsp3) is 0.176. The zero-order valence-corrected chi connectivity index (χ0v) is 12.0. The third-order valence-electron chi connectivity index (χ3n) is 3.04. The Morgan fingerprint density at radius 2 is 2.05 bits per heavy atom. The van der Waals surface area contributed by atoms with Crippen molar-refractivity contribution in [3.8, 4) is 6.07 Å². The molecule has 106 valence electrons. The van der Waals surface area contributed by atoms with Gasteiger partial charge in [0.25, 0.3) is 5.91 Å². The average Bonchev–Trinajstić information content (AvgIpc) is 2.81. The van der Waals surface area contributed by atoms with E-state index in [0.29, 0.717) is 12.3 Å². The number of hydrogen-bond donors (Lipinski definition) is 1. The van der Waals surface area contributed by atoms with Gasteiger partial charge in [-0.2, -0.15) is 5.26 Å². The first-order chi connectivity index (χ1) is 10.1. The van der Waals surface area contributed by atoms with E-state index in [2.05, 4.69) is 5.32 Å². The van der Waals surface area contributed by atoms with Gasteiger partial charge in [0.15, 0.2) is 0 Å². The van der Waals surface area contributed by atoms with Crippen LogP contribution in [0.25, 0.3) is 6.08 Å². The summed E-state index contributed by atoms with van der Waals surface area (Å²) < 4.78 is 5.38. The van der Waals surface area contributed by atoms with Gasteiger partial charge in [0.05, 0.1) is 0 Å². The highest BCUT2D eigenvalue weighted by Crippen LogP contribution is 2.17. The highest BCUT2D eigenvalue weighted by Gasteiger charge is 2.11. The number of benzene rings is 1. The largest absolute Gasteiger partial charge is 0.466 e. The minimum Gasteiger partial charge on any atom is -0.466 e. The molecule has 2 aromatic rings. The molecule has 1 N–H and O–H groups in total. The molecule has 1 aromatic carbocycles. The van der Waals surface area contributed by atoms with Crippen molar-refractivity contribution >= 4 is 12.0 Å². The molecule has 4 nitrogen and oxygen atoms in total. The first kappa shape index (κ1) is 14.6. The van der Waals surface area contributed by atoms with Crippen molar-refractivity contribution in [1.82, 2.24) is 5.32 Å². The smallest absolute Gasteiger partial charge is 0.262 e. The second-order valence-corrected chi connectivity index (χ2v) is 4.71. The Labute approximate surface area is 123 Å². The number of carbonyl (C=O) groups excluding carboxylic acids is 1. The molecule has 0 atom stereocenters. The Morgan fingerprint density at radius 3 is 2.62 bits per heavy atom. The maximum atomic E-state index is 12.0. The number of nitriles is 1. The maximum absolute atomic E-state index is 12.0. The summed E-state index contributed by atoms with van der Waals surface area (Å²) in [5.74, 6) is 1.05. The Balaban J connectivity index is 2.09. The molecule has 1 heterocycles. The fourth-order valence-electron chi connectivity index (χ4n) is 1.97. The lowest BCUT2D eigenvalue weighted by Crippen LogP contribution is -2.23. The Morgan fingerprint density at radius 1 is 1.33 bits per heavy atom. The Kier molecular flexibility index (Phi) is 4.57. The number of hydrogen-bond acceptors (Lipinski definition) is 3. The number of nitrogens with zero attached hydrogens (tertiary/aromatic N) is 1. The van der Waals surface area contributed by atoms with E-state index in [9.17, 15) is 4.79 Å². The summed E-state index contributed by atoms with van der Waals surface area (Å²) in [5, 5.41) is 11.9. The van der Waals surface area contributed by atoms with Gasteiger partial charge in [-0.25, -0.2) is 0 Å². The van der Waals surface area contributed by atoms with Crippen molar-refractivity contribution in [2.75, 3.05) is 0 Å². The number of aryl methyl sites for hydroxylation is 2. The van der Waals surface area contributed by atoms with Gasteiger partial charge in [-0.15, -0.1) is 0 Å². The first-order valence-corrected chi connectivity index (χ1v) is 6.61. The normalized spacial score (nSPS) is 11.0. The summed E-state index contributed by atoms with van der Waals surface area (Å²) in [6.07, 6.45) is 1.55. The van der Waals surface area contributed by atoms with Crippen LogP contribution in [0.15, 0.2) is 46.4 Å². The summed E-state index contributed by atoms with van der Waals surface area (Å²) in [5.41, 5.74) is 1.80. The molecule has 0 saturated carbocycles. The minimum absolute atomic E-state index is 0.0647. The van der Waals surface area contributed by atoms with Crippen LogP contribution in [0.5, 0.6) is 0 Å². The van der Waals surface area contributed by atoms with Crippen LogP contribution in [-0.4, -0.2) is 5.91 Å². The lowest BCUT2D eigenvalue weighted by molar-refractivity contribution is -0.117. The lowest BCUT2D eigenvalue weighted by atomic mass is 10.1. The molecule has 0 unspecified atom stereocenters. The molecule has 1 aromatic heterocycles. The molecule has 0 saturated heterocycles. The minimum atomic E-state index is -0.389. The summed E-state index contributed by atoms with van der Waals surface area (Å²) >= 11 is 0. The van der Waals surface area contributed by atoms with Crippen LogP contribution in [0.4, 0.5) is 0 Å². The Hall–Kier alpha value is -2.80. The molecule has 0 spiro atoms. The van der Waals surface area contributed by atoms with Gasteiger partial charge in [0.2, 0.25) is 0 Å². The van der Waals surface area contributed by atoms with E-state index >= 15 is 0 Å². The van der Waals surface area contributed by atoms with Crippen molar-refractivity contribution in [3.63, 3.8) is 0 Å². The van der Waals surface area contributed by atoms with Crippen molar-refractivity contribution in [3.05, 3.63) is 64.6 Å². The van der Waals surface area contributed by atoms with Crippen LogP contribution in [-0.2, 0) is 11.3 Å². The van der Waals surface area contributed by atoms with E-state index in [0.717, 1.165) is 16.9 Å². The fourth-order valence-corrected chi connectivity index (χ4v) is 1.97. The van der Waals surface area contributed by atoms with Gasteiger partial charge in [-0.3, -0.25) is 4.79 Å². The molecule has 2 rings (SSSR count). The van der Waals surface area contributed by atoms with Crippen LogP contribution in [0.1, 0.15) is 22.6 Å². The summed E-state index contributed by atoms with van der Waals surface area (Å²) in [6.45, 7) is 4.02. The van der Waals surface area contributed by atoms with E-state index in [1.807, 2.05) is 43.3 Å². The summed E-state index contributed by atoms with van der Waals surface area (Å²) in [7, 11) is 0. The molecular formula is C17H16N2O2. The van der Waals surface area contributed by atoms with E-state index in [1.165, 1.54) is 0 Å². The number of amides is 1. The number of rotatable bonds is 4. The third-order valence-corrected chi connectivity index (χ3v) is 3.04. The van der Waals surface area contributed by atoms with Crippen LogP contribution in [0.2, 0.25) is 0 Å². The lowest BCUT2D eigenvalue weighted by Gasteiger charge is -2.04. The summed E-state index contributed by atoms with van der Waals surface area (Å²) in [4.78, 5) is 12.0. The molecule has 0 aliphatic rings. The zero-order valence-electron chi connectivity index (χ0n) is 12.0. The topological polar surface area (TPSA) is 66.0 Å². The van der Waals surface area contributed by atoms with Gasteiger partial charge < -0.3 is 9.73 Å². The average molecular weight is 280 g/mol. The van der Waals surface area contributed by atoms with Crippen LogP contribution in [0.3, 0.4) is 0 Å². The van der Waals surface area contributed by atoms with E-state index in [1.54, 1.807) is 19.1 Å². The quantitative estimate of drug-likeness (QED) is 0.691. The number of furan rings is 1. The SMILES string of the molecule is Cc1cc(/C=C(/C#N)C(=O)NCc2ccccc2)c(C)o1. The van der Waals surface area contributed by atoms with E-state index in [-0.39, 0.29) is 11.5 Å². The molecule has 0 aliphatic carbocycles. The highest BCUT2D eigenvalue weighted by molar-refractivity contribution is 6.01. The monoisotopic (exact) mass is 280 g/mol. The van der Waals surface area contributed by atoms with E-state index in [4.69, 9.17) is 9.68 Å². The highest BCUT2D eigenvalue weighted by atomic mass is 16.3. The van der Waals surface area contributed by atoms with Crippen LogP contribution >= 0.6 is 0 Å². The molecule has 0 bridgehead atoms. The van der Waals surface area contributed by atoms with Crippen molar-refractivity contribution in [1.29, 1.82) is 5.26 Å². The van der Waals surface area contributed by atoms with E-state index < -0.39 is 0 Å². The predicted molar refractivity (Wildman–Crippen MR) is 80.1 cm³/mol. The van der Waals surface area contributed by atoms with Crippen molar-refractivity contribution in [2.24, 2.45) is 0 Å². The van der Waals surface area contributed by atoms with Gasteiger partial charge in [-0.1, -0.05) is 30.3 Å². The van der Waals surface area contributed by atoms with Crippen LogP contribution < -0.4 is 5.32 Å². The van der Waals surface area contributed by atoms with Crippen molar-refractivity contribution < 1.29 is 9.21 Å². The second-order valence-electron chi connectivity index (χ2n) is 4.71. The third kappa shape index (κ3) is 3.83. The number of carbonyl (C=O) groups is 1. The molecule has 4 heteroatoms. The predicted octanol–water partition coefficient (Wildman–Crippen LogP) is 3.12. The molecular weight excluding hydrogens is 264 g/mol. The second kappa shape index (κ2) is 6.58. The molecule has 0 radical (unpaired) electrons. The maximum Gasteiger partial charge on any atom is 0.262 e. The molecule has 0 fully saturated rings.